The fraction of sp³-hybridized carbons (Fsp3) is 0.250. The first-order valence-corrected chi connectivity index (χ1v) is 5.11. The van der Waals surface area contributed by atoms with Crippen molar-refractivity contribution in [2.24, 2.45) is 5.10 Å². The second-order valence-corrected chi connectivity index (χ2v) is 3.68. The Morgan fingerprint density at radius 2 is 1.94 bits per heavy atom. The number of carbonyl (C=O) groups excluding carboxylic acids is 2. The zero-order valence-electron chi connectivity index (χ0n) is 9.73. The number of nitrogens with zero attached hydrogens (tertiary/aromatic N) is 1. The molecule has 0 saturated heterocycles. The van der Waals surface area contributed by atoms with Crippen LogP contribution in [0.5, 0.6) is 5.75 Å². The van der Waals surface area contributed by atoms with E-state index in [1.807, 2.05) is 0 Å². The SMILES string of the molecule is CC(=O)CC(C)=NNC(=O)c1ccccc1O. The second kappa shape index (κ2) is 5.79. The lowest BCUT2D eigenvalue weighted by Crippen LogP contribution is -2.19. The Labute approximate surface area is 99.2 Å². The summed E-state index contributed by atoms with van der Waals surface area (Å²) in [5.74, 6) is -0.640. The Morgan fingerprint density at radius 1 is 1.29 bits per heavy atom. The summed E-state index contributed by atoms with van der Waals surface area (Å²) in [6.45, 7) is 3.09. The standard InChI is InChI=1S/C12H14N2O3/c1-8(7-9(2)15)13-14-12(17)10-5-3-4-6-11(10)16/h3-6,16H,7H2,1-2H3,(H,14,17). The highest BCUT2D eigenvalue weighted by Gasteiger charge is 2.09. The van der Waals surface area contributed by atoms with Crippen LogP contribution in [0.15, 0.2) is 29.4 Å². The van der Waals surface area contributed by atoms with Gasteiger partial charge in [-0.15, -0.1) is 0 Å². The summed E-state index contributed by atoms with van der Waals surface area (Å²) in [6, 6.07) is 6.17. The molecule has 0 aliphatic carbocycles. The maximum Gasteiger partial charge on any atom is 0.275 e. The highest BCUT2D eigenvalue weighted by Crippen LogP contribution is 2.14. The maximum absolute atomic E-state index is 11.6. The molecule has 0 unspecified atom stereocenters. The molecular weight excluding hydrogens is 220 g/mol. The van der Waals surface area contributed by atoms with Crippen LogP contribution in [0.25, 0.3) is 0 Å². The van der Waals surface area contributed by atoms with Gasteiger partial charge in [-0.25, -0.2) is 5.43 Å². The molecule has 0 aromatic heterocycles. The fourth-order valence-corrected chi connectivity index (χ4v) is 1.27. The van der Waals surface area contributed by atoms with E-state index < -0.39 is 5.91 Å². The number of nitrogens with one attached hydrogen (secondary N) is 1. The molecule has 5 heteroatoms. The van der Waals surface area contributed by atoms with Crippen LogP contribution in [-0.2, 0) is 4.79 Å². The van der Waals surface area contributed by atoms with E-state index in [-0.39, 0.29) is 23.5 Å². The molecule has 1 rings (SSSR count). The van der Waals surface area contributed by atoms with Gasteiger partial charge < -0.3 is 5.11 Å². The van der Waals surface area contributed by atoms with Crippen LogP contribution in [0, 0.1) is 0 Å². The highest BCUT2D eigenvalue weighted by molar-refractivity contribution is 6.01. The first-order chi connectivity index (χ1) is 8.00. The van der Waals surface area contributed by atoms with Gasteiger partial charge in [-0.3, -0.25) is 9.59 Å². The maximum atomic E-state index is 11.6. The Bertz CT molecular complexity index is 467. The largest absolute Gasteiger partial charge is 0.507 e. The quantitative estimate of drug-likeness (QED) is 0.611. The van der Waals surface area contributed by atoms with Crippen molar-refractivity contribution in [1.29, 1.82) is 0 Å². The van der Waals surface area contributed by atoms with Crippen molar-refractivity contribution in [2.45, 2.75) is 20.3 Å². The monoisotopic (exact) mass is 234 g/mol. The first kappa shape index (κ1) is 12.9. The molecule has 0 aliphatic heterocycles. The van der Waals surface area contributed by atoms with Gasteiger partial charge in [0.1, 0.15) is 11.5 Å². The van der Waals surface area contributed by atoms with Crippen molar-refractivity contribution in [3.8, 4) is 5.75 Å². The highest BCUT2D eigenvalue weighted by atomic mass is 16.3. The third-order valence-electron chi connectivity index (χ3n) is 2.00. The molecule has 0 aliphatic rings. The number of carbonyl (C=O) groups is 2. The van der Waals surface area contributed by atoms with Crippen LogP contribution in [-0.4, -0.2) is 22.5 Å². The smallest absolute Gasteiger partial charge is 0.275 e. The normalized spacial score (nSPS) is 11.1. The number of hydrazone groups is 1. The number of Topliss-reactive ketones (excluding diaryl/α,β-unsaturated/α-hetero) is 1. The zero-order chi connectivity index (χ0) is 12.8. The minimum absolute atomic E-state index is 0.0249. The molecule has 1 amide bonds. The predicted octanol–water partition coefficient (Wildman–Crippen LogP) is 1.48. The van der Waals surface area contributed by atoms with Gasteiger partial charge in [-0.1, -0.05) is 12.1 Å². The topological polar surface area (TPSA) is 78.8 Å². The number of ketones is 1. The van der Waals surface area contributed by atoms with Gasteiger partial charge in [-0.2, -0.15) is 5.10 Å². The number of aromatic hydroxyl groups is 1. The summed E-state index contributed by atoms with van der Waals surface area (Å²) in [7, 11) is 0. The molecule has 0 spiro atoms. The first-order valence-electron chi connectivity index (χ1n) is 5.11. The summed E-state index contributed by atoms with van der Waals surface area (Å²) in [4.78, 5) is 22.4. The third kappa shape index (κ3) is 4.06. The molecule has 2 N–H and O–H groups in total. The number of phenolic OH excluding ortho intramolecular Hbond substituents is 1. The van der Waals surface area contributed by atoms with Crippen molar-refractivity contribution in [1.82, 2.24) is 5.43 Å². The molecule has 0 radical (unpaired) electrons. The minimum Gasteiger partial charge on any atom is -0.507 e. The number of rotatable bonds is 4. The Hall–Kier alpha value is -2.17. The molecule has 0 bridgehead atoms. The Morgan fingerprint density at radius 3 is 2.53 bits per heavy atom. The van der Waals surface area contributed by atoms with Gasteiger partial charge in [0.2, 0.25) is 0 Å². The Kier molecular flexibility index (Phi) is 4.39. The summed E-state index contributed by atoms with van der Waals surface area (Å²) in [5.41, 5.74) is 2.94. The van der Waals surface area contributed by atoms with Crippen LogP contribution in [0.1, 0.15) is 30.6 Å². The van der Waals surface area contributed by atoms with E-state index in [0.29, 0.717) is 5.71 Å². The van der Waals surface area contributed by atoms with E-state index >= 15 is 0 Å². The van der Waals surface area contributed by atoms with Gasteiger partial charge in [0.05, 0.1) is 5.56 Å². The van der Waals surface area contributed by atoms with Crippen molar-refractivity contribution in [2.75, 3.05) is 0 Å². The number of hydrogen-bond acceptors (Lipinski definition) is 4. The van der Waals surface area contributed by atoms with Crippen LogP contribution >= 0.6 is 0 Å². The van der Waals surface area contributed by atoms with E-state index in [1.165, 1.54) is 19.1 Å². The van der Waals surface area contributed by atoms with E-state index in [2.05, 4.69) is 10.5 Å². The van der Waals surface area contributed by atoms with Gasteiger partial charge in [-0.05, 0) is 26.0 Å². The van der Waals surface area contributed by atoms with Crippen LogP contribution in [0.4, 0.5) is 0 Å². The van der Waals surface area contributed by atoms with Gasteiger partial charge in [0.15, 0.2) is 0 Å². The number of hydrogen-bond donors (Lipinski definition) is 2. The molecule has 0 atom stereocenters. The molecule has 1 aromatic rings. The minimum atomic E-state index is -0.508. The molecule has 1 aromatic carbocycles. The third-order valence-corrected chi connectivity index (χ3v) is 2.00. The van der Waals surface area contributed by atoms with Crippen LogP contribution < -0.4 is 5.43 Å². The number of para-hydroxylation sites is 1. The van der Waals surface area contributed by atoms with E-state index in [0.717, 1.165) is 0 Å². The van der Waals surface area contributed by atoms with E-state index in [1.54, 1.807) is 19.1 Å². The lowest BCUT2D eigenvalue weighted by atomic mass is 10.2. The van der Waals surface area contributed by atoms with Crippen LogP contribution in [0.3, 0.4) is 0 Å². The number of benzene rings is 1. The Balaban J connectivity index is 2.68. The fourth-order valence-electron chi connectivity index (χ4n) is 1.27. The average molecular weight is 234 g/mol. The van der Waals surface area contributed by atoms with Gasteiger partial charge >= 0.3 is 0 Å². The average Bonchev–Trinajstić information content (AvgIpc) is 2.25. The van der Waals surface area contributed by atoms with Crippen LogP contribution in [0.2, 0.25) is 0 Å². The molecule has 0 heterocycles. The number of amides is 1. The molecule has 0 fully saturated rings. The molecule has 0 saturated carbocycles. The second-order valence-electron chi connectivity index (χ2n) is 3.68. The lowest BCUT2D eigenvalue weighted by molar-refractivity contribution is -0.115. The lowest BCUT2D eigenvalue weighted by Gasteiger charge is -2.03. The molecule has 90 valence electrons. The van der Waals surface area contributed by atoms with E-state index in [4.69, 9.17) is 0 Å². The van der Waals surface area contributed by atoms with Gasteiger partial charge in [0, 0.05) is 12.1 Å². The predicted molar refractivity (Wildman–Crippen MR) is 64.0 cm³/mol. The van der Waals surface area contributed by atoms with Crippen molar-refractivity contribution in [3.05, 3.63) is 29.8 Å². The van der Waals surface area contributed by atoms with Gasteiger partial charge in [0.25, 0.3) is 5.91 Å². The summed E-state index contributed by atoms with van der Waals surface area (Å²) < 4.78 is 0. The van der Waals surface area contributed by atoms with Crippen molar-refractivity contribution < 1.29 is 14.7 Å². The zero-order valence-corrected chi connectivity index (χ0v) is 9.73. The van der Waals surface area contributed by atoms with Crippen molar-refractivity contribution in [3.63, 3.8) is 0 Å². The number of phenols is 1. The summed E-state index contributed by atoms with van der Waals surface area (Å²) in [5, 5.41) is 13.2. The molecule has 5 nitrogen and oxygen atoms in total. The molecular formula is C12H14N2O3. The summed E-state index contributed by atoms with van der Waals surface area (Å²) >= 11 is 0. The van der Waals surface area contributed by atoms with E-state index in [9.17, 15) is 14.7 Å². The van der Waals surface area contributed by atoms with Crippen molar-refractivity contribution >= 4 is 17.4 Å². The molecule has 17 heavy (non-hydrogen) atoms. The summed E-state index contributed by atoms with van der Waals surface area (Å²) in [6.07, 6.45) is 0.195.